The lowest BCUT2D eigenvalue weighted by molar-refractivity contribution is -0.136. The Kier molecular flexibility index (Phi) is 8.68. The number of ether oxygens (including phenoxy) is 1. The minimum Gasteiger partial charge on any atom is -0.444 e. The third kappa shape index (κ3) is 7.98. The zero-order valence-corrected chi connectivity index (χ0v) is 20.9. The Morgan fingerprint density at radius 2 is 1.63 bits per heavy atom. The van der Waals surface area contributed by atoms with Crippen LogP contribution in [0.2, 0.25) is 0 Å². The van der Waals surface area contributed by atoms with Gasteiger partial charge in [0.05, 0.1) is 0 Å². The first kappa shape index (κ1) is 26.0. The van der Waals surface area contributed by atoms with Crippen LogP contribution < -0.4 is 15.5 Å². The molecular formula is C26H35N5O4. The van der Waals surface area contributed by atoms with Crippen LogP contribution in [0.5, 0.6) is 0 Å². The molecule has 0 radical (unpaired) electrons. The van der Waals surface area contributed by atoms with E-state index >= 15 is 0 Å². The van der Waals surface area contributed by atoms with Crippen molar-refractivity contribution in [2.75, 3.05) is 31.1 Å². The van der Waals surface area contributed by atoms with Gasteiger partial charge in [-0.25, -0.2) is 4.79 Å². The highest BCUT2D eigenvalue weighted by molar-refractivity contribution is 5.91. The lowest BCUT2D eigenvalue weighted by atomic mass is 10.1. The second-order valence-electron chi connectivity index (χ2n) is 9.60. The summed E-state index contributed by atoms with van der Waals surface area (Å²) in [5.41, 5.74) is 1.06. The number of hydrogen-bond donors (Lipinski definition) is 2. The molecule has 2 atom stereocenters. The summed E-state index contributed by atoms with van der Waals surface area (Å²) in [6.45, 7) is 9.49. The van der Waals surface area contributed by atoms with Gasteiger partial charge in [0.15, 0.2) is 0 Å². The average Bonchev–Trinajstić information content (AvgIpc) is 2.83. The predicted molar refractivity (Wildman–Crippen MR) is 134 cm³/mol. The van der Waals surface area contributed by atoms with E-state index in [-0.39, 0.29) is 12.3 Å². The number of carbonyl (C=O) groups is 3. The number of rotatable bonds is 7. The molecule has 0 bridgehead atoms. The van der Waals surface area contributed by atoms with Gasteiger partial charge in [-0.3, -0.25) is 14.6 Å². The minimum absolute atomic E-state index is 0.153. The van der Waals surface area contributed by atoms with Crippen LogP contribution in [0, 0.1) is 0 Å². The predicted octanol–water partition coefficient (Wildman–Crippen LogP) is 2.37. The summed E-state index contributed by atoms with van der Waals surface area (Å²) >= 11 is 0. The highest BCUT2D eigenvalue weighted by Crippen LogP contribution is 2.16. The van der Waals surface area contributed by atoms with Crippen molar-refractivity contribution < 1.29 is 19.1 Å². The Labute approximate surface area is 206 Å². The van der Waals surface area contributed by atoms with Gasteiger partial charge in [-0.15, -0.1) is 0 Å². The van der Waals surface area contributed by atoms with Gasteiger partial charge >= 0.3 is 6.09 Å². The fourth-order valence-electron chi connectivity index (χ4n) is 3.86. The number of piperazine rings is 1. The molecular weight excluding hydrogens is 446 g/mol. The molecule has 2 N–H and O–H groups in total. The van der Waals surface area contributed by atoms with Gasteiger partial charge in [-0.05, 0) is 52.0 Å². The molecule has 1 saturated heterocycles. The van der Waals surface area contributed by atoms with Crippen LogP contribution in [0.25, 0.3) is 0 Å². The number of alkyl carbamates (subject to hydrolysis) is 1. The van der Waals surface area contributed by atoms with E-state index in [2.05, 4.69) is 32.7 Å². The Balaban J connectivity index is 1.59. The molecule has 2 heterocycles. The van der Waals surface area contributed by atoms with E-state index < -0.39 is 29.7 Å². The highest BCUT2D eigenvalue weighted by Gasteiger charge is 2.30. The molecule has 1 fully saturated rings. The van der Waals surface area contributed by atoms with Crippen molar-refractivity contribution in [3.05, 3.63) is 60.4 Å². The lowest BCUT2D eigenvalue weighted by Crippen LogP contribution is -2.57. The first-order chi connectivity index (χ1) is 16.6. The molecule has 1 aromatic carbocycles. The number of anilines is 1. The molecule has 188 valence electrons. The number of nitrogens with one attached hydrogen (secondary N) is 2. The SMILES string of the molecule is C[C@H](NC(=O)[C@H](Cc1ccccn1)NC(=O)OC(C)(C)C)C(=O)N1CCN(c2ccccc2)CC1. The molecule has 3 amide bonds. The number of para-hydroxylation sites is 1. The summed E-state index contributed by atoms with van der Waals surface area (Å²) in [5, 5.41) is 5.39. The second-order valence-corrected chi connectivity index (χ2v) is 9.60. The van der Waals surface area contributed by atoms with Crippen LogP contribution in [0.1, 0.15) is 33.4 Å². The smallest absolute Gasteiger partial charge is 0.408 e. The van der Waals surface area contributed by atoms with Crippen LogP contribution >= 0.6 is 0 Å². The Bertz CT molecular complexity index is 986. The average molecular weight is 482 g/mol. The number of carbonyl (C=O) groups excluding carboxylic acids is 3. The second kappa shape index (κ2) is 11.7. The van der Waals surface area contributed by atoms with Crippen LogP contribution in [0.4, 0.5) is 10.5 Å². The Hall–Kier alpha value is -3.62. The summed E-state index contributed by atoms with van der Waals surface area (Å²) in [4.78, 5) is 46.7. The molecule has 1 aromatic heterocycles. The third-order valence-electron chi connectivity index (χ3n) is 5.59. The highest BCUT2D eigenvalue weighted by atomic mass is 16.6. The normalized spacial score (nSPS) is 15.7. The zero-order chi connectivity index (χ0) is 25.4. The number of nitrogens with zero attached hydrogens (tertiary/aromatic N) is 3. The monoisotopic (exact) mass is 481 g/mol. The van der Waals surface area contributed by atoms with Gasteiger partial charge in [-0.2, -0.15) is 0 Å². The van der Waals surface area contributed by atoms with Crippen LogP contribution in [0.3, 0.4) is 0 Å². The Morgan fingerprint density at radius 3 is 2.23 bits per heavy atom. The van der Waals surface area contributed by atoms with Gasteiger partial charge in [-0.1, -0.05) is 24.3 Å². The number of amides is 3. The third-order valence-corrected chi connectivity index (χ3v) is 5.59. The first-order valence-corrected chi connectivity index (χ1v) is 11.9. The van der Waals surface area contributed by atoms with Crippen molar-refractivity contribution in [3.63, 3.8) is 0 Å². The molecule has 9 nitrogen and oxygen atoms in total. The molecule has 35 heavy (non-hydrogen) atoms. The summed E-state index contributed by atoms with van der Waals surface area (Å²) in [6.07, 6.45) is 1.09. The first-order valence-electron chi connectivity index (χ1n) is 11.9. The summed E-state index contributed by atoms with van der Waals surface area (Å²) in [7, 11) is 0. The van der Waals surface area contributed by atoms with Crippen LogP contribution in [-0.2, 0) is 20.7 Å². The number of hydrogen-bond acceptors (Lipinski definition) is 6. The maximum atomic E-state index is 13.1. The molecule has 0 spiro atoms. The minimum atomic E-state index is -0.940. The molecule has 0 aliphatic carbocycles. The van der Waals surface area contributed by atoms with Gasteiger partial charge < -0.3 is 25.2 Å². The van der Waals surface area contributed by atoms with Crippen molar-refractivity contribution in [2.45, 2.75) is 51.8 Å². The molecule has 0 saturated carbocycles. The fourth-order valence-corrected chi connectivity index (χ4v) is 3.86. The lowest BCUT2D eigenvalue weighted by Gasteiger charge is -2.37. The van der Waals surface area contributed by atoms with E-state index in [1.54, 1.807) is 50.9 Å². The number of benzene rings is 1. The zero-order valence-electron chi connectivity index (χ0n) is 20.9. The largest absolute Gasteiger partial charge is 0.444 e. The molecule has 1 aliphatic rings. The standard InChI is InChI=1S/C26H35N5O4/c1-19(24(33)31-16-14-30(15-17-31)21-11-6-5-7-12-21)28-23(32)22(18-20-10-8-9-13-27-20)29-25(34)35-26(2,3)4/h5-13,19,22H,14-18H2,1-4H3,(H,28,32)(H,29,34)/t19-,22-/m0/s1. The summed E-state index contributed by atoms with van der Waals surface area (Å²) in [6, 6.07) is 13.8. The van der Waals surface area contributed by atoms with Gasteiger partial charge in [0.25, 0.3) is 0 Å². The van der Waals surface area contributed by atoms with Crippen LogP contribution in [-0.4, -0.2) is 71.7 Å². The maximum absolute atomic E-state index is 13.1. The topological polar surface area (TPSA) is 104 Å². The summed E-state index contributed by atoms with van der Waals surface area (Å²) < 4.78 is 5.32. The quantitative estimate of drug-likeness (QED) is 0.629. The number of aromatic nitrogens is 1. The van der Waals surface area contributed by atoms with Gasteiger partial charge in [0.1, 0.15) is 17.7 Å². The molecule has 9 heteroatoms. The van der Waals surface area contributed by atoms with E-state index in [1.807, 2.05) is 24.3 Å². The van der Waals surface area contributed by atoms with Crippen molar-refractivity contribution in [1.82, 2.24) is 20.5 Å². The van der Waals surface area contributed by atoms with Gasteiger partial charge in [0.2, 0.25) is 11.8 Å². The summed E-state index contributed by atoms with van der Waals surface area (Å²) in [5.74, 6) is -0.620. The molecule has 1 aliphatic heterocycles. The Morgan fingerprint density at radius 1 is 0.971 bits per heavy atom. The number of pyridine rings is 1. The van der Waals surface area contributed by atoms with E-state index in [0.29, 0.717) is 18.8 Å². The molecule has 3 rings (SSSR count). The van der Waals surface area contributed by atoms with Crippen molar-refractivity contribution >= 4 is 23.6 Å². The van der Waals surface area contributed by atoms with Crippen molar-refractivity contribution in [2.24, 2.45) is 0 Å². The van der Waals surface area contributed by atoms with E-state index in [1.165, 1.54) is 0 Å². The van der Waals surface area contributed by atoms with Crippen molar-refractivity contribution in [3.8, 4) is 0 Å². The van der Waals surface area contributed by atoms with Crippen molar-refractivity contribution in [1.29, 1.82) is 0 Å². The maximum Gasteiger partial charge on any atom is 0.408 e. The van der Waals surface area contributed by atoms with Crippen LogP contribution in [0.15, 0.2) is 54.7 Å². The fraction of sp³-hybridized carbons (Fsp3) is 0.462. The molecule has 0 unspecified atom stereocenters. The van der Waals surface area contributed by atoms with Gasteiger partial charge in [0, 0.05) is 50.2 Å². The van der Waals surface area contributed by atoms with E-state index in [4.69, 9.17) is 4.74 Å². The van der Waals surface area contributed by atoms with E-state index in [9.17, 15) is 14.4 Å². The van der Waals surface area contributed by atoms with E-state index in [0.717, 1.165) is 18.8 Å². The molecule has 2 aromatic rings.